The van der Waals surface area contributed by atoms with Gasteiger partial charge in [-0.05, 0) is 30.6 Å². The van der Waals surface area contributed by atoms with Crippen molar-refractivity contribution in [2.24, 2.45) is 5.92 Å². The fourth-order valence-corrected chi connectivity index (χ4v) is 1.90. The van der Waals surface area contributed by atoms with E-state index in [4.69, 9.17) is 4.74 Å². The lowest BCUT2D eigenvalue weighted by molar-refractivity contribution is 0.220. The molecule has 0 radical (unpaired) electrons. The van der Waals surface area contributed by atoms with E-state index in [9.17, 15) is 0 Å². The highest BCUT2D eigenvalue weighted by Crippen LogP contribution is 2.51. The van der Waals surface area contributed by atoms with Crippen LogP contribution in [-0.2, 0) is 4.74 Å². The molecular weight excluding hydrogens is 172 g/mol. The second-order valence-electron chi connectivity index (χ2n) is 3.93. The number of hydrogen-bond donors (Lipinski definition) is 0. The van der Waals surface area contributed by atoms with Crippen LogP contribution in [0, 0.1) is 5.92 Å². The number of ether oxygens (including phenoxy) is 1. The molecule has 2 aliphatic carbocycles. The minimum Gasteiger partial charge on any atom is -0.493 e. The molecule has 0 aromatic carbocycles. The van der Waals surface area contributed by atoms with Crippen LogP contribution in [0.5, 0.6) is 0 Å². The molecule has 2 aliphatic rings. The Hall–Kier alpha value is -1.24. The van der Waals surface area contributed by atoms with E-state index in [0.717, 1.165) is 29.9 Å². The van der Waals surface area contributed by atoms with Gasteiger partial charge < -0.3 is 4.74 Å². The molecule has 0 saturated heterocycles. The highest BCUT2D eigenvalue weighted by Gasteiger charge is 2.39. The maximum atomic E-state index is 5.63. The summed E-state index contributed by atoms with van der Waals surface area (Å²) in [5.41, 5.74) is 4.90. The van der Waals surface area contributed by atoms with Crippen LogP contribution in [0.15, 0.2) is 47.3 Å². The van der Waals surface area contributed by atoms with Crippen molar-refractivity contribution in [3.63, 3.8) is 0 Å². The fourth-order valence-electron chi connectivity index (χ4n) is 1.90. The number of hydrogen-bond acceptors (Lipinski definition) is 1. The molecule has 1 heteroatoms. The Morgan fingerprint density at radius 1 is 1.43 bits per heavy atom. The van der Waals surface area contributed by atoms with Crippen LogP contribution in [-0.4, -0.2) is 6.61 Å². The van der Waals surface area contributed by atoms with Crippen molar-refractivity contribution in [3.05, 3.63) is 47.3 Å². The SMILES string of the molecule is C=C1C(=C)C2C(C)=C2C=C1OCCC. The standard InChI is InChI=1S/C13H16O/c1-5-6-14-12-7-11-10(4)13(11)9(3)8(12)2/h7,13H,2-3,5-6H2,1,4H3. The third kappa shape index (κ3) is 1.24. The molecule has 2 rings (SSSR count). The van der Waals surface area contributed by atoms with E-state index in [1.54, 1.807) is 0 Å². The average Bonchev–Trinajstić information content (AvgIpc) is 2.81. The van der Waals surface area contributed by atoms with Gasteiger partial charge in [-0.1, -0.05) is 25.7 Å². The first-order chi connectivity index (χ1) is 6.66. The van der Waals surface area contributed by atoms with Gasteiger partial charge in [0.2, 0.25) is 0 Å². The van der Waals surface area contributed by atoms with Gasteiger partial charge in [0.25, 0.3) is 0 Å². The zero-order chi connectivity index (χ0) is 10.3. The normalized spacial score (nSPS) is 24.7. The summed E-state index contributed by atoms with van der Waals surface area (Å²) in [4.78, 5) is 0. The maximum absolute atomic E-state index is 5.63. The highest BCUT2D eigenvalue weighted by molar-refractivity contribution is 5.66. The molecule has 0 aromatic rings. The molecule has 1 atom stereocenters. The van der Waals surface area contributed by atoms with Crippen LogP contribution < -0.4 is 0 Å². The second-order valence-corrected chi connectivity index (χ2v) is 3.93. The molecule has 0 spiro atoms. The first-order valence-corrected chi connectivity index (χ1v) is 5.10. The van der Waals surface area contributed by atoms with Gasteiger partial charge >= 0.3 is 0 Å². The third-order valence-corrected chi connectivity index (χ3v) is 2.90. The molecule has 0 aliphatic heterocycles. The molecule has 1 nitrogen and oxygen atoms in total. The Bertz CT molecular complexity index is 369. The summed E-state index contributed by atoms with van der Waals surface area (Å²) >= 11 is 0. The molecule has 0 amide bonds. The van der Waals surface area contributed by atoms with Gasteiger partial charge in [-0.3, -0.25) is 0 Å². The molecule has 0 bridgehead atoms. The minimum atomic E-state index is 0.483. The number of allylic oxidation sites excluding steroid dienone is 4. The number of fused-ring (bicyclic) bond motifs is 1. The van der Waals surface area contributed by atoms with Gasteiger partial charge in [0.15, 0.2) is 0 Å². The van der Waals surface area contributed by atoms with Gasteiger partial charge in [0.1, 0.15) is 5.76 Å². The predicted octanol–water partition coefficient (Wildman–Crippen LogP) is 3.37. The first-order valence-electron chi connectivity index (χ1n) is 5.10. The van der Waals surface area contributed by atoms with Crippen molar-refractivity contribution in [1.82, 2.24) is 0 Å². The topological polar surface area (TPSA) is 9.23 Å². The van der Waals surface area contributed by atoms with Crippen molar-refractivity contribution in [2.45, 2.75) is 20.3 Å². The Morgan fingerprint density at radius 2 is 2.14 bits per heavy atom. The van der Waals surface area contributed by atoms with Crippen molar-refractivity contribution in [3.8, 4) is 0 Å². The smallest absolute Gasteiger partial charge is 0.126 e. The Kier molecular flexibility index (Phi) is 2.10. The van der Waals surface area contributed by atoms with Crippen LogP contribution in [0.25, 0.3) is 0 Å². The Labute approximate surface area is 85.5 Å². The summed E-state index contributed by atoms with van der Waals surface area (Å²) < 4.78 is 5.63. The molecule has 0 aromatic heterocycles. The summed E-state index contributed by atoms with van der Waals surface area (Å²) in [5.74, 6) is 1.40. The third-order valence-electron chi connectivity index (χ3n) is 2.90. The van der Waals surface area contributed by atoms with E-state index in [1.807, 2.05) is 0 Å². The quantitative estimate of drug-likeness (QED) is 0.659. The fraction of sp³-hybridized carbons (Fsp3) is 0.385. The summed E-state index contributed by atoms with van der Waals surface area (Å²) in [6.07, 6.45) is 3.14. The van der Waals surface area contributed by atoms with Crippen LogP contribution in [0.1, 0.15) is 20.3 Å². The molecule has 1 unspecified atom stereocenters. The van der Waals surface area contributed by atoms with Gasteiger partial charge in [0.05, 0.1) is 6.61 Å². The van der Waals surface area contributed by atoms with Crippen LogP contribution in [0.2, 0.25) is 0 Å². The highest BCUT2D eigenvalue weighted by atomic mass is 16.5. The van der Waals surface area contributed by atoms with Crippen molar-refractivity contribution >= 4 is 0 Å². The Balaban J connectivity index is 2.18. The van der Waals surface area contributed by atoms with Gasteiger partial charge in [-0.25, -0.2) is 0 Å². The molecule has 0 N–H and O–H groups in total. The van der Waals surface area contributed by atoms with Crippen molar-refractivity contribution in [1.29, 1.82) is 0 Å². The molecule has 0 saturated carbocycles. The van der Waals surface area contributed by atoms with Crippen LogP contribution in [0.4, 0.5) is 0 Å². The van der Waals surface area contributed by atoms with E-state index in [0.29, 0.717) is 5.92 Å². The van der Waals surface area contributed by atoms with E-state index in [-0.39, 0.29) is 0 Å². The molecule has 0 fully saturated rings. The largest absolute Gasteiger partial charge is 0.493 e. The van der Waals surface area contributed by atoms with E-state index >= 15 is 0 Å². The summed E-state index contributed by atoms with van der Waals surface area (Å²) in [6, 6.07) is 0. The maximum Gasteiger partial charge on any atom is 0.126 e. The monoisotopic (exact) mass is 188 g/mol. The zero-order valence-electron chi connectivity index (χ0n) is 8.89. The minimum absolute atomic E-state index is 0.483. The lowest BCUT2D eigenvalue weighted by Crippen LogP contribution is -2.05. The predicted molar refractivity (Wildman–Crippen MR) is 58.8 cm³/mol. The van der Waals surface area contributed by atoms with Crippen molar-refractivity contribution < 1.29 is 4.74 Å². The Morgan fingerprint density at radius 3 is 2.79 bits per heavy atom. The van der Waals surface area contributed by atoms with Gasteiger partial charge in [0, 0.05) is 11.5 Å². The second kappa shape index (κ2) is 3.16. The molecule has 0 heterocycles. The van der Waals surface area contributed by atoms with Gasteiger partial charge in [-0.15, -0.1) is 0 Å². The summed E-state index contributed by atoms with van der Waals surface area (Å²) in [6.45, 7) is 13.1. The summed E-state index contributed by atoms with van der Waals surface area (Å²) in [5, 5.41) is 0. The van der Waals surface area contributed by atoms with Crippen LogP contribution in [0.3, 0.4) is 0 Å². The van der Waals surface area contributed by atoms with Crippen molar-refractivity contribution in [2.75, 3.05) is 6.61 Å². The molecular formula is C13H16O. The van der Waals surface area contributed by atoms with Gasteiger partial charge in [-0.2, -0.15) is 0 Å². The summed E-state index contributed by atoms with van der Waals surface area (Å²) in [7, 11) is 0. The zero-order valence-corrected chi connectivity index (χ0v) is 8.89. The van der Waals surface area contributed by atoms with E-state index in [2.05, 4.69) is 33.1 Å². The van der Waals surface area contributed by atoms with E-state index in [1.165, 1.54) is 11.1 Å². The average molecular weight is 188 g/mol. The molecule has 14 heavy (non-hydrogen) atoms. The lowest BCUT2D eigenvalue weighted by atomic mass is 9.94. The number of rotatable bonds is 3. The van der Waals surface area contributed by atoms with Crippen LogP contribution >= 0.6 is 0 Å². The first kappa shape index (κ1) is 9.32. The van der Waals surface area contributed by atoms with E-state index < -0.39 is 0 Å². The molecule has 74 valence electrons. The lowest BCUT2D eigenvalue weighted by Gasteiger charge is -2.18.